The maximum absolute atomic E-state index is 12.9. The number of primary amides is 1. The zero-order valence-electron chi connectivity index (χ0n) is 13.8. The molecule has 1 aliphatic heterocycles. The molecule has 0 unspecified atom stereocenters. The second kappa shape index (κ2) is 7.26. The zero-order valence-corrected chi connectivity index (χ0v) is 15.4. The van der Waals surface area contributed by atoms with Gasteiger partial charge in [-0.2, -0.15) is 4.31 Å². The van der Waals surface area contributed by atoms with Gasteiger partial charge in [0.25, 0.3) is 5.91 Å². The van der Waals surface area contributed by atoms with Crippen LogP contribution in [-0.2, 0) is 19.6 Å². The van der Waals surface area contributed by atoms with Gasteiger partial charge in [-0.1, -0.05) is 11.6 Å². The van der Waals surface area contributed by atoms with Crippen LogP contribution in [0.5, 0.6) is 5.75 Å². The van der Waals surface area contributed by atoms with Crippen molar-refractivity contribution in [3.8, 4) is 5.75 Å². The fourth-order valence-electron chi connectivity index (χ4n) is 2.60. The molecular weight excluding hydrogens is 356 g/mol. The van der Waals surface area contributed by atoms with Crippen molar-refractivity contribution in [2.75, 3.05) is 19.7 Å². The number of benzene rings is 1. The monoisotopic (exact) mass is 376 g/mol. The van der Waals surface area contributed by atoms with Gasteiger partial charge in [-0.3, -0.25) is 4.79 Å². The molecule has 2 rings (SSSR count). The van der Waals surface area contributed by atoms with Gasteiger partial charge in [-0.05, 0) is 32.4 Å². The first-order valence-corrected chi connectivity index (χ1v) is 9.30. The molecule has 1 heterocycles. The highest BCUT2D eigenvalue weighted by molar-refractivity contribution is 7.89. The van der Waals surface area contributed by atoms with E-state index in [1.807, 2.05) is 13.8 Å². The van der Waals surface area contributed by atoms with Crippen molar-refractivity contribution in [1.29, 1.82) is 0 Å². The third-order valence-corrected chi connectivity index (χ3v) is 5.90. The normalized spacial score (nSPS) is 22.3. The molecule has 0 spiro atoms. The third-order valence-electron chi connectivity index (χ3n) is 3.60. The molecule has 0 bridgehead atoms. The molecule has 0 radical (unpaired) electrons. The summed E-state index contributed by atoms with van der Waals surface area (Å²) in [6.45, 7) is 5.49. The SMILES string of the molecule is Cc1cc(Cl)c(S(=O)(=O)N2C[C@@H](C)O[C@H](C)C2)cc1OCC(N)=O. The fourth-order valence-corrected chi connectivity index (χ4v) is 4.76. The first kappa shape index (κ1) is 19.0. The number of hydrogen-bond donors (Lipinski definition) is 1. The van der Waals surface area contributed by atoms with E-state index in [0.717, 1.165) is 0 Å². The highest BCUT2D eigenvalue weighted by Gasteiger charge is 2.34. The highest BCUT2D eigenvalue weighted by Crippen LogP contribution is 2.32. The largest absolute Gasteiger partial charge is 0.483 e. The molecular formula is C15H21ClN2O5S. The number of rotatable bonds is 5. The Bertz CT molecular complexity index is 728. The molecule has 9 heteroatoms. The van der Waals surface area contributed by atoms with Crippen LogP contribution in [0.1, 0.15) is 19.4 Å². The molecule has 1 amide bonds. The number of carbonyl (C=O) groups is 1. The van der Waals surface area contributed by atoms with Crippen LogP contribution >= 0.6 is 11.6 Å². The molecule has 1 aromatic rings. The van der Waals surface area contributed by atoms with Gasteiger partial charge < -0.3 is 15.2 Å². The lowest BCUT2D eigenvalue weighted by atomic mass is 10.2. The number of carbonyl (C=O) groups excluding carboxylic acids is 1. The Labute approximate surface area is 146 Å². The van der Waals surface area contributed by atoms with Gasteiger partial charge >= 0.3 is 0 Å². The van der Waals surface area contributed by atoms with Crippen LogP contribution in [0.2, 0.25) is 5.02 Å². The van der Waals surface area contributed by atoms with E-state index in [4.69, 9.17) is 26.8 Å². The summed E-state index contributed by atoms with van der Waals surface area (Å²) in [5.74, 6) is -0.393. The molecule has 2 atom stereocenters. The number of morpholine rings is 1. The molecule has 7 nitrogen and oxygen atoms in total. The van der Waals surface area contributed by atoms with Crippen molar-refractivity contribution in [3.63, 3.8) is 0 Å². The van der Waals surface area contributed by atoms with Gasteiger partial charge in [-0.25, -0.2) is 8.42 Å². The lowest BCUT2D eigenvalue weighted by Gasteiger charge is -2.34. The smallest absolute Gasteiger partial charge is 0.255 e. The first-order valence-electron chi connectivity index (χ1n) is 7.48. The Balaban J connectivity index is 2.38. The average Bonchev–Trinajstić information content (AvgIpc) is 2.44. The van der Waals surface area contributed by atoms with Gasteiger partial charge in [0.05, 0.1) is 17.2 Å². The van der Waals surface area contributed by atoms with Crippen molar-refractivity contribution in [3.05, 3.63) is 22.7 Å². The van der Waals surface area contributed by atoms with Crippen LogP contribution in [0.4, 0.5) is 0 Å². The minimum atomic E-state index is -3.81. The quantitative estimate of drug-likeness (QED) is 0.835. The summed E-state index contributed by atoms with van der Waals surface area (Å²) in [6, 6.07) is 2.83. The van der Waals surface area contributed by atoms with Crippen molar-refractivity contribution in [2.24, 2.45) is 5.73 Å². The van der Waals surface area contributed by atoms with Crippen LogP contribution in [0.3, 0.4) is 0 Å². The van der Waals surface area contributed by atoms with Crippen LogP contribution < -0.4 is 10.5 Å². The van der Waals surface area contributed by atoms with Crippen LogP contribution in [0.25, 0.3) is 0 Å². The molecule has 1 aromatic carbocycles. The van der Waals surface area contributed by atoms with E-state index in [1.165, 1.54) is 16.4 Å². The number of hydrogen-bond acceptors (Lipinski definition) is 5. The standard InChI is InChI=1S/C15H21ClN2O5S/c1-9-4-12(16)14(5-13(9)22-8-15(17)19)24(20,21)18-6-10(2)23-11(3)7-18/h4-5,10-11H,6-8H2,1-3H3,(H2,17,19)/t10-,11-/m1/s1. The van der Waals surface area contributed by atoms with Crippen LogP contribution in [0.15, 0.2) is 17.0 Å². The van der Waals surface area contributed by atoms with Crippen molar-refractivity contribution in [2.45, 2.75) is 37.9 Å². The van der Waals surface area contributed by atoms with Crippen LogP contribution in [0, 0.1) is 6.92 Å². The Kier molecular flexibility index (Phi) is 5.74. The predicted molar refractivity (Wildman–Crippen MR) is 89.6 cm³/mol. The maximum atomic E-state index is 12.9. The van der Waals surface area contributed by atoms with E-state index in [9.17, 15) is 13.2 Å². The number of amides is 1. The second-order valence-electron chi connectivity index (χ2n) is 5.88. The lowest BCUT2D eigenvalue weighted by molar-refractivity contribution is -0.119. The van der Waals surface area contributed by atoms with Gasteiger partial charge in [0.1, 0.15) is 10.6 Å². The minimum absolute atomic E-state index is 0.0597. The van der Waals surface area contributed by atoms with E-state index >= 15 is 0 Å². The average molecular weight is 377 g/mol. The number of ether oxygens (including phenoxy) is 2. The third kappa shape index (κ3) is 4.18. The van der Waals surface area contributed by atoms with E-state index in [1.54, 1.807) is 6.92 Å². The summed E-state index contributed by atoms with van der Waals surface area (Å²) in [5.41, 5.74) is 5.68. The predicted octanol–water partition coefficient (Wildman–Crippen LogP) is 1.31. The number of aryl methyl sites for hydroxylation is 1. The molecule has 1 saturated heterocycles. The lowest BCUT2D eigenvalue weighted by Crippen LogP contribution is -2.48. The topological polar surface area (TPSA) is 98.9 Å². The van der Waals surface area contributed by atoms with Gasteiger partial charge in [0.2, 0.25) is 10.0 Å². The summed E-state index contributed by atoms with van der Waals surface area (Å²) in [7, 11) is -3.81. The summed E-state index contributed by atoms with van der Waals surface area (Å²) in [5, 5.41) is 0.103. The van der Waals surface area contributed by atoms with Crippen molar-refractivity contribution >= 4 is 27.5 Å². The molecule has 2 N–H and O–H groups in total. The molecule has 134 valence electrons. The van der Waals surface area contributed by atoms with Crippen molar-refractivity contribution in [1.82, 2.24) is 4.31 Å². The van der Waals surface area contributed by atoms with Gasteiger partial charge in [0, 0.05) is 19.2 Å². The van der Waals surface area contributed by atoms with E-state index in [2.05, 4.69) is 0 Å². The Morgan fingerprint density at radius 2 is 1.96 bits per heavy atom. The van der Waals surface area contributed by atoms with Gasteiger partial charge in [0.15, 0.2) is 6.61 Å². The van der Waals surface area contributed by atoms with E-state index in [0.29, 0.717) is 5.56 Å². The molecule has 0 aliphatic carbocycles. The Morgan fingerprint density at radius 3 is 2.50 bits per heavy atom. The molecule has 1 aliphatic rings. The van der Waals surface area contributed by atoms with E-state index < -0.39 is 15.9 Å². The fraction of sp³-hybridized carbons (Fsp3) is 0.533. The molecule has 1 fully saturated rings. The first-order chi connectivity index (χ1) is 11.1. The second-order valence-corrected chi connectivity index (χ2v) is 8.20. The van der Waals surface area contributed by atoms with E-state index in [-0.39, 0.29) is 47.6 Å². The summed E-state index contributed by atoms with van der Waals surface area (Å²) < 4.78 is 38.1. The van der Waals surface area contributed by atoms with Gasteiger partial charge in [-0.15, -0.1) is 0 Å². The molecule has 24 heavy (non-hydrogen) atoms. The van der Waals surface area contributed by atoms with Crippen molar-refractivity contribution < 1.29 is 22.7 Å². The molecule has 0 saturated carbocycles. The maximum Gasteiger partial charge on any atom is 0.255 e. The molecule has 0 aromatic heterocycles. The summed E-state index contributed by atoms with van der Waals surface area (Å²) in [4.78, 5) is 10.8. The number of nitrogens with zero attached hydrogens (tertiary/aromatic N) is 1. The summed E-state index contributed by atoms with van der Waals surface area (Å²) in [6.07, 6.45) is -0.420. The number of halogens is 1. The Hall–Kier alpha value is -1.35. The minimum Gasteiger partial charge on any atom is -0.483 e. The Morgan fingerprint density at radius 1 is 1.38 bits per heavy atom. The highest BCUT2D eigenvalue weighted by atomic mass is 35.5. The number of nitrogens with two attached hydrogens (primary N) is 1. The summed E-state index contributed by atoms with van der Waals surface area (Å²) >= 11 is 6.16. The van der Waals surface area contributed by atoms with Crippen LogP contribution in [-0.4, -0.2) is 50.5 Å². The number of sulfonamides is 1. The zero-order chi connectivity index (χ0) is 18.1.